The largest absolute Gasteiger partial charge is 0.368 e. The third kappa shape index (κ3) is 3.87. The summed E-state index contributed by atoms with van der Waals surface area (Å²) in [5, 5.41) is 7.24. The van der Waals surface area contributed by atoms with E-state index >= 15 is 0 Å². The number of hydrogen-bond donors (Lipinski definition) is 2. The first-order chi connectivity index (χ1) is 9.97. The molecule has 0 aliphatic heterocycles. The van der Waals surface area contributed by atoms with Crippen LogP contribution in [0.3, 0.4) is 0 Å². The molecule has 0 aliphatic rings. The van der Waals surface area contributed by atoms with Crippen LogP contribution in [0.15, 0.2) is 12.7 Å². The number of hydrogen-bond acceptors (Lipinski definition) is 7. The second kappa shape index (κ2) is 6.47. The molecule has 114 valence electrons. The fourth-order valence-electron chi connectivity index (χ4n) is 2.32. The molecule has 0 unspecified atom stereocenters. The van der Waals surface area contributed by atoms with E-state index in [0.29, 0.717) is 29.7 Å². The van der Waals surface area contributed by atoms with Gasteiger partial charge in [0.05, 0.1) is 0 Å². The molecule has 0 saturated carbocycles. The summed E-state index contributed by atoms with van der Waals surface area (Å²) in [5.41, 5.74) is 5.73. The number of nitrogens with two attached hydrogens (primary N) is 1. The number of aromatic nitrogens is 6. The third-order valence-corrected chi connectivity index (χ3v) is 3.47. The highest BCUT2D eigenvalue weighted by molar-refractivity contribution is 5.34. The molecule has 8 nitrogen and oxygen atoms in total. The van der Waals surface area contributed by atoms with Gasteiger partial charge in [0, 0.05) is 6.54 Å². The molecule has 2 heterocycles. The number of anilines is 2. The minimum atomic E-state index is 0.156. The molecule has 3 N–H and O–H groups in total. The van der Waals surface area contributed by atoms with Gasteiger partial charge in [0.2, 0.25) is 11.9 Å². The van der Waals surface area contributed by atoms with Gasteiger partial charge < -0.3 is 11.1 Å². The van der Waals surface area contributed by atoms with E-state index in [4.69, 9.17) is 5.73 Å². The third-order valence-electron chi connectivity index (χ3n) is 3.47. The van der Waals surface area contributed by atoms with Crippen LogP contribution in [0.4, 0.5) is 11.9 Å². The molecule has 2 aromatic rings. The van der Waals surface area contributed by atoms with Gasteiger partial charge in [-0.1, -0.05) is 27.7 Å². The molecule has 0 fully saturated rings. The standard InChI is InChI=1S/C13H22N8/c1-8(2)10(9(3)4)5-16-12-18-11(14)19-13(20-12)21-7-15-6-17-21/h6-10H,5H2,1-4H3,(H3,14,16,18,19,20). The maximum atomic E-state index is 5.73. The van der Waals surface area contributed by atoms with Crippen LogP contribution in [0.5, 0.6) is 0 Å². The Morgan fingerprint density at radius 3 is 2.43 bits per heavy atom. The molecule has 0 bridgehead atoms. The molecule has 0 spiro atoms. The zero-order valence-electron chi connectivity index (χ0n) is 12.9. The number of nitrogen functional groups attached to an aromatic ring is 1. The lowest BCUT2D eigenvalue weighted by Gasteiger charge is -2.25. The first-order valence-corrected chi connectivity index (χ1v) is 7.07. The van der Waals surface area contributed by atoms with Crippen LogP contribution in [0.25, 0.3) is 5.95 Å². The molecule has 0 radical (unpaired) electrons. The van der Waals surface area contributed by atoms with Gasteiger partial charge in [-0.2, -0.15) is 24.7 Å². The van der Waals surface area contributed by atoms with E-state index in [1.165, 1.54) is 17.3 Å². The van der Waals surface area contributed by atoms with Crippen molar-refractivity contribution in [1.82, 2.24) is 29.7 Å². The summed E-state index contributed by atoms with van der Waals surface area (Å²) in [4.78, 5) is 16.3. The van der Waals surface area contributed by atoms with Crippen molar-refractivity contribution in [3.63, 3.8) is 0 Å². The van der Waals surface area contributed by atoms with E-state index in [9.17, 15) is 0 Å². The van der Waals surface area contributed by atoms with Crippen molar-refractivity contribution in [1.29, 1.82) is 0 Å². The summed E-state index contributed by atoms with van der Waals surface area (Å²) < 4.78 is 1.45. The Labute approximate surface area is 124 Å². The summed E-state index contributed by atoms with van der Waals surface area (Å²) in [6.45, 7) is 9.66. The Balaban J connectivity index is 2.13. The van der Waals surface area contributed by atoms with E-state index in [1.807, 2.05) is 0 Å². The molecular formula is C13H22N8. The van der Waals surface area contributed by atoms with Gasteiger partial charge in [0.25, 0.3) is 5.95 Å². The van der Waals surface area contributed by atoms with Gasteiger partial charge in [-0.25, -0.2) is 4.98 Å². The van der Waals surface area contributed by atoms with Gasteiger partial charge >= 0.3 is 0 Å². The van der Waals surface area contributed by atoms with Gasteiger partial charge in [-0.05, 0) is 17.8 Å². The first-order valence-electron chi connectivity index (χ1n) is 7.07. The van der Waals surface area contributed by atoms with Crippen molar-refractivity contribution in [3.05, 3.63) is 12.7 Å². The van der Waals surface area contributed by atoms with E-state index in [1.54, 1.807) is 0 Å². The fraction of sp³-hybridized carbons (Fsp3) is 0.615. The highest BCUT2D eigenvalue weighted by atomic mass is 15.4. The zero-order chi connectivity index (χ0) is 15.4. The molecule has 0 atom stereocenters. The lowest BCUT2D eigenvalue weighted by molar-refractivity contribution is 0.304. The minimum Gasteiger partial charge on any atom is -0.368 e. The lowest BCUT2D eigenvalue weighted by Crippen LogP contribution is -2.25. The Morgan fingerprint density at radius 2 is 1.86 bits per heavy atom. The molecule has 2 aromatic heterocycles. The second-order valence-corrected chi connectivity index (χ2v) is 5.69. The van der Waals surface area contributed by atoms with Gasteiger partial charge in [0.1, 0.15) is 12.7 Å². The van der Waals surface area contributed by atoms with Crippen molar-refractivity contribution >= 4 is 11.9 Å². The molecule has 0 aromatic carbocycles. The van der Waals surface area contributed by atoms with Crippen molar-refractivity contribution in [2.75, 3.05) is 17.6 Å². The molecule has 0 saturated heterocycles. The van der Waals surface area contributed by atoms with E-state index in [2.05, 4.69) is 58.0 Å². The topological polar surface area (TPSA) is 107 Å². The first kappa shape index (κ1) is 15.1. The quantitative estimate of drug-likeness (QED) is 0.827. The predicted molar refractivity (Wildman–Crippen MR) is 80.8 cm³/mol. The molecule has 0 aliphatic carbocycles. The van der Waals surface area contributed by atoms with Gasteiger partial charge in [-0.3, -0.25) is 0 Å². The van der Waals surface area contributed by atoms with E-state index < -0.39 is 0 Å². The molecule has 21 heavy (non-hydrogen) atoms. The van der Waals surface area contributed by atoms with Crippen LogP contribution in [-0.2, 0) is 0 Å². The molecular weight excluding hydrogens is 268 g/mol. The van der Waals surface area contributed by atoms with Crippen molar-refractivity contribution < 1.29 is 0 Å². The molecule has 8 heteroatoms. The van der Waals surface area contributed by atoms with Crippen molar-refractivity contribution in [3.8, 4) is 5.95 Å². The SMILES string of the molecule is CC(C)C(CNc1nc(N)nc(-n2cncn2)n1)C(C)C. The average Bonchev–Trinajstić information content (AvgIpc) is 2.91. The predicted octanol–water partition coefficient (Wildman–Crippen LogP) is 1.37. The molecule has 2 rings (SSSR count). The molecule has 0 amide bonds. The summed E-state index contributed by atoms with van der Waals surface area (Å²) >= 11 is 0. The number of nitrogens with zero attached hydrogens (tertiary/aromatic N) is 6. The lowest BCUT2D eigenvalue weighted by atomic mass is 9.85. The number of rotatable bonds is 6. The highest BCUT2D eigenvalue weighted by Gasteiger charge is 2.18. The van der Waals surface area contributed by atoms with Crippen LogP contribution in [-0.4, -0.2) is 36.3 Å². The summed E-state index contributed by atoms with van der Waals surface area (Å²) in [6.07, 6.45) is 2.93. The Morgan fingerprint density at radius 1 is 1.14 bits per heavy atom. The van der Waals surface area contributed by atoms with Crippen LogP contribution in [0, 0.1) is 17.8 Å². The van der Waals surface area contributed by atoms with Gasteiger partial charge in [0.15, 0.2) is 0 Å². The fourth-order valence-corrected chi connectivity index (χ4v) is 2.32. The van der Waals surface area contributed by atoms with Crippen LogP contribution >= 0.6 is 0 Å². The van der Waals surface area contributed by atoms with Crippen LogP contribution in [0.1, 0.15) is 27.7 Å². The average molecular weight is 290 g/mol. The van der Waals surface area contributed by atoms with E-state index in [-0.39, 0.29) is 5.95 Å². The minimum absolute atomic E-state index is 0.156. The van der Waals surface area contributed by atoms with Crippen molar-refractivity contribution in [2.45, 2.75) is 27.7 Å². The smallest absolute Gasteiger partial charge is 0.258 e. The Bertz CT molecular complexity index is 556. The van der Waals surface area contributed by atoms with Crippen molar-refractivity contribution in [2.24, 2.45) is 17.8 Å². The number of nitrogens with one attached hydrogen (secondary N) is 1. The normalized spacial score (nSPS) is 11.6. The second-order valence-electron chi connectivity index (χ2n) is 5.69. The Hall–Kier alpha value is -2.25. The van der Waals surface area contributed by atoms with Crippen LogP contribution < -0.4 is 11.1 Å². The Kier molecular flexibility index (Phi) is 4.66. The summed E-state index contributed by atoms with van der Waals surface area (Å²) in [7, 11) is 0. The van der Waals surface area contributed by atoms with Crippen LogP contribution in [0.2, 0.25) is 0 Å². The highest BCUT2D eigenvalue weighted by Crippen LogP contribution is 2.20. The maximum Gasteiger partial charge on any atom is 0.258 e. The summed E-state index contributed by atoms with van der Waals surface area (Å²) in [6, 6.07) is 0. The monoisotopic (exact) mass is 290 g/mol. The zero-order valence-corrected chi connectivity index (χ0v) is 12.9. The summed E-state index contributed by atoms with van der Waals surface area (Å²) in [5.74, 6) is 2.65. The van der Waals surface area contributed by atoms with E-state index in [0.717, 1.165) is 6.54 Å². The van der Waals surface area contributed by atoms with Gasteiger partial charge in [-0.15, -0.1) is 0 Å². The maximum absolute atomic E-state index is 5.73.